The normalized spacial score (nSPS) is 13.2. The Hall–Kier alpha value is -9.68. The van der Waals surface area contributed by atoms with Crippen LogP contribution in [0.3, 0.4) is 0 Å². The predicted octanol–water partition coefficient (Wildman–Crippen LogP) is 22.2. The van der Waals surface area contributed by atoms with Crippen molar-refractivity contribution in [2.24, 2.45) is 0 Å². The molecule has 13 aromatic carbocycles. The molecule has 0 fully saturated rings. The van der Waals surface area contributed by atoms with Crippen LogP contribution in [-0.2, 0) is 16.2 Å². The molecule has 3 heterocycles. The first-order valence-electron chi connectivity index (χ1n) is 31.5. The van der Waals surface area contributed by atoms with Gasteiger partial charge in [-0.25, -0.2) is 0 Å². The number of thiophene rings is 1. The minimum atomic E-state index is -0.128. The van der Waals surface area contributed by atoms with Crippen LogP contribution in [0.1, 0.15) is 79.0 Å². The molecule has 0 N–H and O–H groups in total. The average Bonchev–Trinajstić information content (AvgIpc) is 1.68. The zero-order valence-corrected chi connectivity index (χ0v) is 53.0. The maximum atomic E-state index is 2.66. The maximum absolute atomic E-state index is 2.66. The van der Waals surface area contributed by atoms with Crippen molar-refractivity contribution in [2.75, 3.05) is 14.7 Å². The van der Waals surface area contributed by atoms with Crippen molar-refractivity contribution in [2.45, 2.75) is 78.6 Å². The second kappa shape index (κ2) is 20.5. The molecule has 430 valence electrons. The van der Waals surface area contributed by atoms with Crippen LogP contribution < -0.4 is 30.4 Å². The first-order valence-corrected chi connectivity index (χ1v) is 32.3. The predicted molar refractivity (Wildman–Crippen MR) is 387 cm³/mol. The monoisotopic (exact) mass is 1160 g/mol. The van der Waals surface area contributed by atoms with Crippen LogP contribution in [0.25, 0.3) is 75.8 Å². The largest absolute Gasteiger partial charge is 0.311 e. The molecule has 0 aliphatic carbocycles. The van der Waals surface area contributed by atoms with Crippen molar-refractivity contribution in [1.29, 1.82) is 0 Å². The third-order valence-electron chi connectivity index (χ3n) is 19.0. The Balaban J connectivity index is 1.04. The Morgan fingerprint density at radius 2 is 0.843 bits per heavy atom. The van der Waals surface area contributed by atoms with Crippen LogP contribution in [0.15, 0.2) is 261 Å². The number of hydrogen-bond acceptors (Lipinski definition) is 4. The van der Waals surface area contributed by atoms with Crippen LogP contribution in [0.5, 0.6) is 0 Å². The molecule has 3 nitrogen and oxygen atoms in total. The molecule has 16 rings (SSSR count). The summed E-state index contributed by atoms with van der Waals surface area (Å²) in [6.45, 7) is 20.9. The molecule has 0 saturated carbocycles. The van der Waals surface area contributed by atoms with E-state index in [2.05, 4.69) is 338 Å². The van der Waals surface area contributed by atoms with Crippen molar-refractivity contribution < 1.29 is 0 Å². The Morgan fingerprint density at radius 3 is 1.45 bits per heavy atom. The highest BCUT2D eigenvalue weighted by Gasteiger charge is 2.47. The number of nitrogens with zero attached hydrogens (tertiary/aromatic N) is 3. The summed E-state index contributed by atoms with van der Waals surface area (Å²) in [5, 5.41) is 8.97. The summed E-state index contributed by atoms with van der Waals surface area (Å²) < 4.78 is 2.64. The highest BCUT2D eigenvalue weighted by Crippen LogP contribution is 2.53. The van der Waals surface area contributed by atoms with Gasteiger partial charge in [0.1, 0.15) is 0 Å². The molecule has 89 heavy (non-hydrogen) atoms. The molecule has 0 amide bonds. The fourth-order valence-corrected chi connectivity index (χ4v) is 15.6. The van der Waals surface area contributed by atoms with Gasteiger partial charge in [-0.05, 0) is 195 Å². The van der Waals surface area contributed by atoms with Crippen LogP contribution >= 0.6 is 11.3 Å². The van der Waals surface area contributed by atoms with E-state index in [1.165, 1.54) is 125 Å². The van der Waals surface area contributed by atoms with E-state index in [0.717, 1.165) is 34.1 Å². The average molecular weight is 1160 g/mol. The van der Waals surface area contributed by atoms with Gasteiger partial charge in [0.25, 0.3) is 6.71 Å². The zero-order valence-electron chi connectivity index (χ0n) is 52.2. The topological polar surface area (TPSA) is 9.72 Å². The molecule has 0 spiro atoms. The minimum absolute atomic E-state index is 0.0296. The molecule has 1 aromatic heterocycles. The van der Waals surface area contributed by atoms with E-state index in [1.807, 2.05) is 11.3 Å². The van der Waals surface area contributed by atoms with E-state index in [0.29, 0.717) is 0 Å². The zero-order chi connectivity index (χ0) is 60.7. The third-order valence-corrected chi connectivity index (χ3v) is 20.2. The molecular formula is C84H70BN3S. The maximum Gasteiger partial charge on any atom is 0.264 e. The van der Waals surface area contributed by atoms with E-state index >= 15 is 0 Å². The number of rotatable bonds is 8. The molecule has 0 atom stereocenters. The Morgan fingerprint density at radius 1 is 0.348 bits per heavy atom. The van der Waals surface area contributed by atoms with Gasteiger partial charge in [0.2, 0.25) is 0 Å². The fraction of sp³-hybridized carbons (Fsp3) is 0.143. The van der Waals surface area contributed by atoms with Gasteiger partial charge in [0, 0.05) is 54.6 Å². The van der Waals surface area contributed by atoms with E-state index in [1.54, 1.807) is 0 Å². The summed E-state index contributed by atoms with van der Waals surface area (Å²) in [5.41, 5.74) is 23.7. The highest BCUT2D eigenvalue weighted by atomic mass is 32.1. The molecule has 0 bridgehead atoms. The van der Waals surface area contributed by atoms with Gasteiger partial charge >= 0.3 is 0 Å². The van der Waals surface area contributed by atoms with Gasteiger partial charge in [-0.3, -0.25) is 0 Å². The number of hydrogen-bond donors (Lipinski definition) is 0. The quantitative estimate of drug-likeness (QED) is 0.111. The van der Waals surface area contributed by atoms with Crippen molar-refractivity contribution in [3.63, 3.8) is 0 Å². The lowest BCUT2D eigenvalue weighted by molar-refractivity contribution is 0.590. The molecule has 2 aliphatic heterocycles. The molecular weight excluding hydrogens is 1090 g/mol. The Kier molecular flexibility index (Phi) is 12.6. The van der Waals surface area contributed by atoms with Gasteiger partial charge in [0.05, 0.1) is 17.1 Å². The lowest BCUT2D eigenvalue weighted by Crippen LogP contribution is -2.60. The lowest BCUT2D eigenvalue weighted by atomic mass is 9.36. The van der Waals surface area contributed by atoms with E-state index in [9.17, 15) is 0 Å². The summed E-state index contributed by atoms with van der Waals surface area (Å²) in [4.78, 5) is 7.77. The summed E-state index contributed by atoms with van der Waals surface area (Å²) in [6, 6.07) is 99.3. The summed E-state index contributed by atoms with van der Waals surface area (Å²) in [7, 11) is 0. The van der Waals surface area contributed by atoms with Crippen molar-refractivity contribution in [1.82, 2.24) is 0 Å². The Bertz CT molecular complexity index is 4960. The van der Waals surface area contributed by atoms with E-state index in [4.69, 9.17) is 0 Å². The third kappa shape index (κ3) is 9.15. The molecule has 0 saturated heterocycles. The number of para-hydroxylation sites is 2. The number of fused-ring (bicyclic) bond motifs is 6. The van der Waals surface area contributed by atoms with Gasteiger partial charge in [-0.2, -0.15) is 0 Å². The fourth-order valence-electron chi connectivity index (χ4n) is 14.3. The second-order valence-corrected chi connectivity index (χ2v) is 28.9. The van der Waals surface area contributed by atoms with Gasteiger partial charge < -0.3 is 14.7 Å². The summed E-state index contributed by atoms with van der Waals surface area (Å²) >= 11 is 1.97. The van der Waals surface area contributed by atoms with Crippen molar-refractivity contribution in [3.05, 3.63) is 278 Å². The van der Waals surface area contributed by atoms with Crippen LogP contribution in [0.2, 0.25) is 0 Å². The van der Waals surface area contributed by atoms with Crippen molar-refractivity contribution >= 4 is 127 Å². The van der Waals surface area contributed by atoms with Gasteiger partial charge in [-0.1, -0.05) is 232 Å². The molecule has 14 aromatic rings. The smallest absolute Gasteiger partial charge is 0.264 e. The number of anilines is 9. The molecule has 5 heteroatoms. The highest BCUT2D eigenvalue weighted by molar-refractivity contribution is 7.33. The minimum Gasteiger partial charge on any atom is -0.311 e. The van der Waals surface area contributed by atoms with E-state index < -0.39 is 0 Å². The molecule has 0 radical (unpaired) electrons. The van der Waals surface area contributed by atoms with Crippen LogP contribution in [0.4, 0.5) is 51.2 Å². The second-order valence-electron chi connectivity index (χ2n) is 27.8. The summed E-state index contributed by atoms with van der Waals surface area (Å²) in [5.74, 6) is 0. The van der Waals surface area contributed by atoms with Crippen molar-refractivity contribution in [3.8, 4) is 33.4 Å². The SMILES string of the molecule is CC(C)(C)c1ccc(N2c3cc(N(c4ccccc4)c4ccccc4)cc4c3B(c3cc(-c5ccc(-c6ccccc6)cc5)ccc3N4c3ccc(C(C)(C)C)cc3-c3cc4ccc5cccc6ccc(c3)c4c56)c3sc4ccc(C(C)(C)C)cc4c32)cc1. The lowest BCUT2D eigenvalue weighted by Gasteiger charge is -2.44. The van der Waals surface area contributed by atoms with Gasteiger partial charge in [-0.15, -0.1) is 11.3 Å². The Labute approximate surface area is 528 Å². The van der Waals surface area contributed by atoms with Gasteiger partial charge in [0.15, 0.2) is 0 Å². The first kappa shape index (κ1) is 54.7. The van der Waals surface area contributed by atoms with Crippen LogP contribution in [0, 0.1) is 0 Å². The molecule has 0 unspecified atom stereocenters. The van der Waals surface area contributed by atoms with E-state index in [-0.39, 0.29) is 23.0 Å². The van der Waals surface area contributed by atoms with Crippen LogP contribution in [-0.4, -0.2) is 6.71 Å². The molecule has 2 aliphatic rings. The standard InChI is InChI=1S/C84H70BN3S/c1-82(2,3)62-37-41-67(42-38-62)87-74-51-68(86(65-24-15-11-16-25-65)66-26-17-12-18-27-66)52-75-79(74)85(81-80(87)70-50-64(84(7,8)9)40-45-76(70)89-81)71-48-58(55-30-28-54(29-31-55)53-20-13-10-14-21-53)36-43-73(71)88(75)72-44-39-63(83(4,5)6)49-69(72)61-46-59-34-32-56-22-19-23-57-33-35-60(47-61)78(59)77(56)57/h10-52H,1-9H3. The first-order chi connectivity index (χ1) is 43.0. The summed E-state index contributed by atoms with van der Waals surface area (Å²) in [6.07, 6.45) is 0. The number of benzene rings is 13.